The van der Waals surface area contributed by atoms with Crippen LogP contribution in [0.5, 0.6) is 11.8 Å². The van der Waals surface area contributed by atoms with Crippen molar-refractivity contribution in [2.75, 3.05) is 5.32 Å². The monoisotopic (exact) mass is 421 g/mol. The molecule has 2 aromatic carbocycles. The molecule has 6 nitrogen and oxygen atoms in total. The number of aryl methyl sites for hydroxylation is 1. The highest BCUT2D eigenvalue weighted by atomic mass is 79.9. The number of rotatable bonds is 5. The second-order valence-electron chi connectivity index (χ2n) is 5.90. The molecular formula is C20H16BrN5O. The number of hydrogen-bond acceptors (Lipinski definition) is 6. The smallest absolute Gasteiger partial charge is 0.322 e. The Morgan fingerprint density at radius 2 is 1.85 bits per heavy atom. The summed E-state index contributed by atoms with van der Waals surface area (Å²) in [4.78, 5) is 17.7. The third-order valence-corrected chi connectivity index (χ3v) is 4.32. The largest absolute Gasteiger partial charge is 0.424 e. The summed E-state index contributed by atoms with van der Waals surface area (Å²) in [7, 11) is 0. The maximum atomic E-state index is 5.74. The fraction of sp³-hybridized carbons (Fsp3) is 0.100. The molecule has 7 heteroatoms. The van der Waals surface area contributed by atoms with Crippen molar-refractivity contribution in [3.8, 4) is 11.8 Å². The zero-order chi connectivity index (χ0) is 18.6. The predicted octanol–water partition coefficient (Wildman–Crippen LogP) is 4.90. The zero-order valence-electron chi connectivity index (χ0n) is 14.6. The molecule has 0 radical (unpaired) electrons. The zero-order valence-corrected chi connectivity index (χ0v) is 16.1. The highest BCUT2D eigenvalue weighted by Gasteiger charge is 2.11. The van der Waals surface area contributed by atoms with Gasteiger partial charge in [-0.2, -0.15) is 4.98 Å². The van der Waals surface area contributed by atoms with E-state index in [4.69, 9.17) is 4.74 Å². The number of hydrogen-bond donors (Lipinski definition) is 1. The number of fused-ring (bicyclic) bond motifs is 1. The summed E-state index contributed by atoms with van der Waals surface area (Å²) < 4.78 is 6.77. The number of aromatic nitrogens is 4. The lowest BCUT2D eigenvalue weighted by Crippen LogP contribution is -2.06. The molecule has 134 valence electrons. The average Bonchev–Trinajstić information content (AvgIpc) is 2.67. The van der Waals surface area contributed by atoms with Gasteiger partial charge in [0, 0.05) is 11.0 Å². The summed E-state index contributed by atoms with van der Waals surface area (Å²) in [5.74, 6) is 1.98. The van der Waals surface area contributed by atoms with Gasteiger partial charge in [0.2, 0.25) is 0 Å². The van der Waals surface area contributed by atoms with Gasteiger partial charge in [-0.1, -0.05) is 46.3 Å². The van der Waals surface area contributed by atoms with E-state index in [2.05, 4.69) is 47.2 Å². The first kappa shape index (κ1) is 17.4. The van der Waals surface area contributed by atoms with Crippen molar-refractivity contribution in [1.82, 2.24) is 19.9 Å². The fourth-order valence-corrected chi connectivity index (χ4v) is 3.08. The van der Waals surface area contributed by atoms with Gasteiger partial charge in [0.1, 0.15) is 22.6 Å². The van der Waals surface area contributed by atoms with Crippen LogP contribution in [0.15, 0.2) is 65.3 Å². The number of nitrogens with zero attached hydrogens (tertiary/aromatic N) is 4. The van der Waals surface area contributed by atoms with Gasteiger partial charge in [-0.15, -0.1) is 0 Å². The Labute approximate surface area is 164 Å². The Balaban J connectivity index is 1.65. The molecule has 27 heavy (non-hydrogen) atoms. The number of benzene rings is 2. The van der Waals surface area contributed by atoms with Crippen molar-refractivity contribution in [2.24, 2.45) is 0 Å². The van der Waals surface area contributed by atoms with E-state index in [1.807, 2.05) is 55.5 Å². The summed E-state index contributed by atoms with van der Waals surface area (Å²) >= 11 is 3.49. The van der Waals surface area contributed by atoms with Crippen molar-refractivity contribution in [2.45, 2.75) is 13.5 Å². The third-order valence-electron chi connectivity index (χ3n) is 3.83. The first-order valence-corrected chi connectivity index (χ1v) is 9.19. The highest BCUT2D eigenvalue weighted by Crippen LogP contribution is 2.23. The quantitative estimate of drug-likeness (QED) is 0.494. The van der Waals surface area contributed by atoms with E-state index < -0.39 is 0 Å². The van der Waals surface area contributed by atoms with Gasteiger partial charge in [-0.3, -0.25) is 0 Å². The molecule has 1 N–H and O–H groups in total. The van der Waals surface area contributed by atoms with Gasteiger partial charge >= 0.3 is 6.01 Å². The van der Waals surface area contributed by atoms with E-state index in [0.29, 0.717) is 35.0 Å². The molecule has 0 saturated carbocycles. The minimum Gasteiger partial charge on any atom is -0.424 e. The topological polar surface area (TPSA) is 72.8 Å². The van der Waals surface area contributed by atoms with Gasteiger partial charge in [-0.25, -0.2) is 15.0 Å². The van der Waals surface area contributed by atoms with Crippen molar-refractivity contribution in [3.63, 3.8) is 0 Å². The lowest BCUT2D eigenvalue weighted by atomic mass is 10.2. The maximum absolute atomic E-state index is 5.74. The van der Waals surface area contributed by atoms with Crippen LogP contribution in [0, 0.1) is 6.92 Å². The molecular weight excluding hydrogens is 406 g/mol. The lowest BCUT2D eigenvalue weighted by Gasteiger charge is -2.10. The summed E-state index contributed by atoms with van der Waals surface area (Å²) in [6, 6.07) is 17.8. The normalized spacial score (nSPS) is 10.7. The summed E-state index contributed by atoms with van der Waals surface area (Å²) in [6.07, 6.45) is 1.65. The second kappa shape index (κ2) is 7.67. The van der Waals surface area contributed by atoms with Crippen LogP contribution in [0.3, 0.4) is 0 Å². The highest BCUT2D eigenvalue weighted by molar-refractivity contribution is 9.10. The molecule has 4 rings (SSSR count). The average molecular weight is 422 g/mol. The van der Waals surface area contributed by atoms with Crippen molar-refractivity contribution in [1.29, 1.82) is 0 Å². The summed E-state index contributed by atoms with van der Waals surface area (Å²) in [5.41, 5.74) is 2.42. The maximum Gasteiger partial charge on any atom is 0.322 e. The molecule has 0 amide bonds. The minimum atomic E-state index is 0.256. The van der Waals surface area contributed by atoms with E-state index in [-0.39, 0.29) is 6.01 Å². The van der Waals surface area contributed by atoms with E-state index >= 15 is 0 Å². The third kappa shape index (κ3) is 4.20. The van der Waals surface area contributed by atoms with E-state index in [1.165, 1.54) is 0 Å². The Morgan fingerprint density at radius 3 is 2.67 bits per heavy atom. The Bertz CT molecular complexity index is 1090. The van der Waals surface area contributed by atoms with E-state index in [1.54, 1.807) is 6.20 Å². The van der Waals surface area contributed by atoms with Crippen molar-refractivity contribution >= 4 is 32.8 Å². The van der Waals surface area contributed by atoms with Gasteiger partial charge < -0.3 is 10.1 Å². The number of ether oxygens (including phenoxy) is 1. The molecule has 0 aliphatic carbocycles. The van der Waals surface area contributed by atoms with Gasteiger partial charge in [0.05, 0.1) is 6.20 Å². The van der Waals surface area contributed by atoms with E-state index in [9.17, 15) is 0 Å². The Kier molecular flexibility index (Phi) is 4.93. The standard InChI is InChI=1S/C20H16BrN5O/c1-13-24-17-12-23-20(27-16-8-3-2-4-9-16)26-18(17)19(25-13)22-11-14-6-5-7-15(21)10-14/h2-10,12H,11H2,1H3,(H,22,24,25). The first-order valence-electron chi connectivity index (χ1n) is 8.40. The molecule has 0 spiro atoms. The number of halogens is 1. The molecule has 4 aromatic rings. The van der Waals surface area contributed by atoms with E-state index in [0.717, 1.165) is 10.0 Å². The van der Waals surface area contributed by atoms with Gasteiger partial charge in [-0.05, 0) is 36.8 Å². The van der Waals surface area contributed by atoms with Crippen LogP contribution < -0.4 is 10.1 Å². The summed E-state index contributed by atoms with van der Waals surface area (Å²) in [5, 5.41) is 3.35. The molecule has 2 heterocycles. The Morgan fingerprint density at radius 1 is 1.00 bits per heavy atom. The van der Waals surface area contributed by atoms with Crippen LogP contribution in [0.2, 0.25) is 0 Å². The lowest BCUT2D eigenvalue weighted by molar-refractivity contribution is 0.444. The molecule has 0 saturated heterocycles. The summed E-state index contributed by atoms with van der Waals surface area (Å²) in [6.45, 7) is 2.46. The second-order valence-corrected chi connectivity index (χ2v) is 6.82. The SMILES string of the molecule is Cc1nc(NCc2cccc(Br)c2)c2nc(Oc3ccccc3)ncc2n1. The van der Waals surface area contributed by atoms with Crippen LogP contribution >= 0.6 is 15.9 Å². The molecule has 0 unspecified atom stereocenters. The molecule has 0 bridgehead atoms. The molecule has 0 fully saturated rings. The fourth-order valence-electron chi connectivity index (χ4n) is 2.63. The van der Waals surface area contributed by atoms with Crippen molar-refractivity contribution in [3.05, 3.63) is 76.7 Å². The number of nitrogens with one attached hydrogen (secondary N) is 1. The van der Waals surface area contributed by atoms with Crippen LogP contribution in [0.1, 0.15) is 11.4 Å². The Hall–Kier alpha value is -3.06. The van der Waals surface area contributed by atoms with Crippen molar-refractivity contribution < 1.29 is 4.74 Å². The van der Waals surface area contributed by atoms with Crippen LogP contribution in [-0.4, -0.2) is 19.9 Å². The number of anilines is 1. The first-order chi connectivity index (χ1) is 13.2. The molecule has 0 aliphatic rings. The number of para-hydroxylation sites is 1. The predicted molar refractivity (Wildman–Crippen MR) is 108 cm³/mol. The molecule has 0 atom stereocenters. The van der Waals surface area contributed by atoms with Crippen LogP contribution in [0.4, 0.5) is 5.82 Å². The van der Waals surface area contributed by atoms with Crippen LogP contribution in [0.25, 0.3) is 11.0 Å². The van der Waals surface area contributed by atoms with Gasteiger partial charge in [0.25, 0.3) is 0 Å². The molecule has 0 aliphatic heterocycles. The molecule has 2 aromatic heterocycles. The van der Waals surface area contributed by atoms with Gasteiger partial charge in [0.15, 0.2) is 5.82 Å². The van der Waals surface area contributed by atoms with Crippen LogP contribution in [-0.2, 0) is 6.54 Å². The minimum absolute atomic E-state index is 0.256.